The van der Waals surface area contributed by atoms with Crippen molar-refractivity contribution in [1.29, 1.82) is 0 Å². The fourth-order valence-corrected chi connectivity index (χ4v) is 2.10. The predicted octanol–water partition coefficient (Wildman–Crippen LogP) is 2.10. The summed E-state index contributed by atoms with van der Waals surface area (Å²) in [6.07, 6.45) is -0.684. The third-order valence-electron chi connectivity index (χ3n) is 2.76. The summed E-state index contributed by atoms with van der Waals surface area (Å²) in [5.41, 5.74) is 1.71. The van der Waals surface area contributed by atoms with Crippen LogP contribution in [0.4, 0.5) is 0 Å². The van der Waals surface area contributed by atoms with E-state index in [1.165, 1.54) is 0 Å². The van der Waals surface area contributed by atoms with Crippen molar-refractivity contribution in [3.8, 4) is 0 Å². The van der Waals surface area contributed by atoms with Crippen LogP contribution in [0.2, 0.25) is 0 Å². The number of Topliss-reactive ketones (excluding diaryl/α,β-unsaturated/α-hetero) is 1. The molecule has 0 saturated carbocycles. The summed E-state index contributed by atoms with van der Waals surface area (Å²) in [5.74, 6) is -0.212. The normalized spacial score (nSPS) is 13.1. The van der Waals surface area contributed by atoms with Crippen LogP contribution in [0, 0.1) is 12.8 Å². The van der Waals surface area contributed by atoms with Gasteiger partial charge in [0.05, 0.1) is 22.3 Å². The number of rotatable bonds is 5. The van der Waals surface area contributed by atoms with E-state index >= 15 is 0 Å². The molecule has 17 heavy (non-hydrogen) atoms. The molecule has 0 aliphatic rings. The van der Waals surface area contributed by atoms with Crippen LogP contribution in [0.15, 0.2) is 4.47 Å². The van der Waals surface area contributed by atoms with Crippen molar-refractivity contribution >= 4 is 21.7 Å². The fourth-order valence-electron chi connectivity index (χ4n) is 1.68. The fraction of sp³-hybridized carbons (Fsp3) is 0.667. The topological polar surface area (TPSA) is 55.1 Å². The smallest absolute Gasteiger partial charge is 0.167 e. The van der Waals surface area contributed by atoms with Crippen molar-refractivity contribution in [3.63, 3.8) is 0 Å². The highest BCUT2D eigenvalue weighted by molar-refractivity contribution is 9.10. The number of halogens is 1. The van der Waals surface area contributed by atoms with Crippen LogP contribution in [-0.2, 0) is 17.8 Å². The highest BCUT2D eigenvalue weighted by Gasteiger charge is 2.22. The Labute approximate surface area is 110 Å². The zero-order chi connectivity index (χ0) is 13.2. The Morgan fingerprint density at radius 1 is 1.53 bits per heavy atom. The molecule has 0 aliphatic carbocycles. The molecule has 1 aromatic rings. The molecule has 1 heterocycles. The summed E-state index contributed by atoms with van der Waals surface area (Å²) in [6.45, 7) is 8.25. The second-order valence-corrected chi connectivity index (χ2v) is 5.29. The van der Waals surface area contributed by atoms with Gasteiger partial charge in [-0.1, -0.05) is 13.8 Å². The SMILES string of the molecule is CCn1nc(C)c(Br)c1CC(=O)C(O)C(C)C. The van der Waals surface area contributed by atoms with Gasteiger partial charge in [-0.2, -0.15) is 5.10 Å². The minimum absolute atomic E-state index is 0.0552. The van der Waals surface area contributed by atoms with Crippen molar-refractivity contribution in [1.82, 2.24) is 9.78 Å². The summed E-state index contributed by atoms with van der Waals surface area (Å²) in [4.78, 5) is 11.9. The van der Waals surface area contributed by atoms with Gasteiger partial charge in [0, 0.05) is 6.54 Å². The van der Waals surface area contributed by atoms with E-state index in [-0.39, 0.29) is 18.1 Å². The molecule has 1 atom stereocenters. The van der Waals surface area contributed by atoms with Crippen LogP contribution >= 0.6 is 15.9 Å². The molecule has 1 unspecified atom stereocenters. The van der Waals surface area contributed by atoms with Gasteiger partial charge in [-0.15, -0.1) is 0 Å². The monoisotopic (exact) mass is 302 g/mol. The maximum absolute atomic E-state index is 11.9. The summed E-state index contributed by atoms with van der Waals surface area (Å²) >= 11 is 3.44. The van der Waals surface area contributed by atoms with E-state index in [1.807, 2.05) is 27.7 Å². The number of hydrogen-bond donors (Lipinski definition) is 1. The minimum atomic E-state index is -0.901. The first kappa shape index (κ1) is 14.4. The minimum Gasteiger partial charge on any atom is -0.385 e. The van der Waals surface area contributed by atoms with Gasteiger partial charge in [0.1, 0.15) is 6.10 Å². The molecule has 1 N–H and O–H groups in total. The summed E-state index contributed by atoms with van der Waals surface area (Å²) < 4.78 is 2.66. The highest BCUT2D eigenvalue weighted by atomic mass is 79.9. The van der Waals surface area contributed by atoms with E-state index in [4.69, 9.17) is 0 Å². The van der Waals surface area contributed by atoms with E-state index in [0.717, 1.165) is 15.9 Å². The predicted molar refractivity (Wildman–Crippen MR) is 69.9 cm³/mol. The molecular weight excluding hydrogens is 284 g/mol. The van der Waals surface area contributed by atoms with Gasteiger partial charge in [-0.3, -0.25) is 9.48 Å². The molecule has 4 nitrogen and oxygen atoms in total. The van der Waals surface area contributed by atoms with Crippen LogP contribution in [0.3, 0.4) is 0 Å². The second-order valence-electron chi connectivity index (χ2n) is 4.49. The van der Waals surface area contributed by atoms with Crippen LogP contribution in [-0.4, -0.2) is 26.8 Å². The number of ketones is 1. The first-order valence-electron chi connectivity index (χ1n) is 5.81. The standard InChI is InChI=1S/C12H19BrN2O2/c1-5-15-9(11(13)8(4)14-15)6-10(16)12(17)7(2)3/h7,12,17H,5-6H2,1-4H3. The maximum Gasteiger partial charge on any atom is 0.167 e. The number of carbonyl (C=O) groups is 1. The Kier molecular flexibility index (Phi) is 4.89. The average molecular weight is 303 g/mol. The van der Waals surface area contributed by atoms with E-state index < -0.39 is 6.10 Å². The number of aliphatic hydroxyl groups is 1. The molecular formula is C12H19BrN2O2. The van der Waals surface area contributed by atoms with Gasteiger partial charge in [0.15, 0.2) is 5.78 Å². The molecule has 1 aromatic heterocycles. The molecule has 0 aliphatic heterocycles. The van der Waals surface area contributed by atoms with Crippen molar-refractivity contribution in [2.75, 3.05) is 0 Å². The molecule has 0 bridgehead atoms. The molecule has 1 rings (SSSR count). The van der Waals surface area contributed by atoms with Gasteiger partial charge >= 0.3 is 0 Å². The lowest BCUT2D eigenvalue weighted by atomic mass is 10.00. The lowest BCUT2D eigenvalue weighted by molar-refractivity contribution is -0.128. The van der Waals surface area contributed by atoms with Crippen LogP contribution in [0.5, 0.6) is 0 Å². The van der Waals surface area contributed by atoms with E-state index in [0.29, 0.717) is 6.54 Å². The summed E-state index contributed by atoms with van der Waals surface area (Å²) in [7, 11) is 0. The third-order valence-corrected chi connectivity index (χ3v) is 3.79. The lowest BCUT2D eigenvalue weighted by Gasteiger charge is -2.13. The molecule has 96 valence electrons. The number of aryl methyl sites for hydroxylation is 2. The Morgan fingerprint density at radius 3 is 2.59 bits per heavy atom. The van der Waals surface area contributed by atoms with Crippen molar-refractivity contribution in [2.45, 2.75) is 46.8 Å². The van der Waals surface area contributed by atoms with Crippen molar-refractivity contribution < 1.29 is 9.90 Å². The van der Waals surface area contributed by atoms with Crippen molar-refractivity contribution in [3.05, 3.63) is 15.9 Å². The summed E-state index contributed by atoms with van der Waals surface area (Å²) in [6, 6.07) is 0. The first-order chi connectivity index (χ1) is 7.88. The van der Waals surface area contributed by atoms with E-state index in [9.17, 15) is 9.90 Å². The van der Waals surface area contributed by atoms with E-state index in [2.05, 4.69) is 21.0 Å². The Bertz CT molecular complexity index is 413. The Balaban J connectivity index is 2.91. The third kappa shape index (κ3) is 3.16. The molecule has 0 saturated heterocycles. The Morgan fingerprint density at radius 2 is 2.12 bits per heavy atom. The quantitative estimate of drug-likeness (QED) is 0.906. The highest BCUT2D eigenvalue weighted by Crippen LogP contribution is 2.22. The zero-order valence-corrected chi connectivity index (χ0v) is 12.3. The number of nitrogens with zero attached hydrogens (tertiary/aromatic N) is 2. The average Bonchev–Trinajstić information content (AvgIpc) is 2.55. The van der Waals surface area contributed by atoms with Gasteiger partial charge < -0.3 is 5.11 Å². The largest absolute Gasteiger partial charge is 0.385 e. The van der Waals surface area contributed by atoms with Crippen LogP contribution < -0.4 is 0 Å². The van der Waals surface area contributed by atoms with Crippen LogP contribution in [0.25, 0.3) is 0 Å². The summed E-state index contributed by atoms with van der Waals surface area (Å²) in [5, 5.41) is 14.0. The number of aliphatic hydroxyl groups excluding tert-OH is 1. The van der Waals surface area contributed by atoms with Gasteiger partial charge in [0.25, 0.3) is 0 Å². The first-order valence-corrected chi connectivity index (χ1v) is 6.60. The van der Waals surface area contributed by atoms with Crippen LogP contribution in [0.1, 0.15) is 32.2 Å². The maximum atomic E-state index is 11.9. The van der Waals surface area contributed by atoms with Gasteiger partial charge in [0.2, 0.25) is 0 Å². The molecule has 0 radical (unpaired) electrons. The van der Waals surface area contributed by atoms with Crippen molar-refractivity contribution in [2.24, 2.45) is 5.92 Å². The van der Waals surface area contributed by atoms with Gasteiger partial charge in [-0.05, 0) is 35.7 Å². The number of carbonyl (C=O) groups excluding carboxylic acids is 1. The lowest BCUT2D eigenvalue weighted by Crippen LogP contribution is -2.28. The molecule has 0 aromatic carbocycles. The number of hydrogen-bond acceptors (Lipinski definition) is 3. The zero-order valence-electron chi connectivity index (χ0n) is 10.7. The molecule has 5 heteroatoms. The molecule has 0 spiro atoms. The van der Waals surface area contributed by atoms with E-state index in [1.54, 1.807) is 4.68 Å². The van der Waals surface area contributed by atoms with Gasteiger partial charge in [-0.25, -0.2) is 0 Å². The number of aromatic nitrogens is 2. The Hall–Kier alpha value is -0.680. The molecule has 0 fully saturated rings. The second kappa shape index (κ2) is 5.78. The molecule has 0 amide bonds.